The quantitative estimate of drug-likeness (QED) is 0.795. The maximum atomic E-state index is 5.94. The number of amidine groups is 1. The van der Waals surface area contributed by atoms with E-state index in [-0.39, 0.29) is 0 Å². The molecule has 0 aliphatic carbocycles. The number of hydrogen-bond acceptors (Lipinski definition) is 4. The van der Waals surface area contributed by atoms with Crippen molar-refractivity contribution in [1.29, 1.82) is 0 Å². The van der Waals surface area contributed by atoms with Gasteiger partial charge in [-0.1, -0.05) is 30.3 Å². The second-order valence-corrected chi connectivity index (χ2v) is 4.36. The van der Waals surface area contributed by atoms with Gasteiger partial charge in [0, 0.05) is 6.08 Å². The second-order valence-electron chi connectivity index (χ2n) is 2.78. The van der Waals surface area contributed by atoms with Crippen molar-refractivity contribution in [3.63, 3.8) is 0 Å². The SMILES string of the molecule is CCSC1=N/C(=C\c2ccco2)C(Cl)=N1. The van der Waals surface area contributed by atoms with Gasteiger partial charge in [0.05, 0.1) is 6.26 Å². The van der Waals surface area contributed by atoms with Crippen molar-refractivity contribution >= 4 is 39.8 Å². The van der Waals surface area contributed by atoms with Gasteiger partial charge in [-0.15, -0.1) is 0 Å². The zero-order valence-electron chi connectivity index (χ0n) is 8.11. The van der Waals surface area contributed by atoms with Gasteiger partial charge in [0.1, 0.15) is 11.5 Å². The average molecular weight is 241 g/mol. The monoisotopic (exact) mass is 240 g/mol. The predicted molar refractivity (Wildman–Crippen MR) is 65.5 cm³/mol. The van der Waals surface area contributed by atoms with Crippen molar-refractivity contribution in [1.82, 2.24) is 0 Å². The van der Waals surface area contributed by atoms with Gasteiger partial charge in [0.2, 0.25) is 0 Å². The smallest absolute Gasteiger partial charge is 0.189 e. The number of rotatable bonds is 2. The van der Waals surface area contributed by atoms with Crippen LogP contribution in [0.4, 0.5) is 0 Å². The molecule has 0 aromatic carbocycles. The Morgan fingerprint density at radius 3 is 3.07 bits per heavy atom. The predicted octanol–water partition coefficient (Wildman–Crippen LogP) is 3.38. The Bertz CT molecular complexity index is 434. The van der Waals surface area contributed by atoms with E-state index in [1.165, 1.54) is 0 Å². The molecule has 15 heavy (non-hydrogen) atoms. The molecule has 3 nitrogen and oxygen atoms in total. The maximum Gasteiger partial charge on any atom is 0.189 e. The summed E-state index contributed by atoms with van der Waals surface area (Å²) in [6.45, 7) is 2.05. The first-order valence-corrected chi connectivity index (χ1v) is 5.87. The first kappa shape index (κ1) is 10.5. The van der Waals surface area contributed by atoms with Crippen LogP contribution in [0.5, 0.6) is 0 Å². The van der Waals surface area contributed by atoms with Crippen LogP contribution in [-0.4, -0.2) is 16.1 Å². The van der Waals surface area contributed by atoms with Crippen molar-refractivity contribution in [3.8, 4) is 0 Å². The van der Waals surface area contributed by atoms with E-state index < -0.39 is 0 Å². The van der Waals surface area contributed by atoms with Crippen molar-refractivity contribution in [2.45, 2.75) is 6.92 Å². The number of furan rings is 1. The number of halogens is 1. The van der Waals surface area contributed by atoms with E-state index in [0.717, 1.165) is 11.5 Å². The molecule has 0 bridgehead atoms. The molecule has 0 radical (unpaired) electrons. The molecule has 0 atom stereocenters. The van der Waals surface area contributed by atoms with Crippen LogP contribution in [0.3, 0.4) is 0 Å². The van der Waals surface area contributed by atoms with Crippen LogP contribution in [0.25, 0.3) is 6.08 Å². The maximum absolute atomic E-state index is 5.94. The third kappa shape index (κ3) is 2.52. The summed E-state index contributed by atoms with van der Waals surface area (Å²) in [6.07, 6.45) is 3.38. The summed E-state index contributed by atoms with van der Waals surface area (Å²) in [4.78, 5) is 8.40. The van der Waals surface area contributed by atoms with Crippen LogP contribution in [0.1, 0.15) is 12.7 Å². The van der Waals surface area contributed by atoms with Crippen LogP contribution in [0.15, 0.2) is 38.5 Å². The number of hydrogen-bond donors (Lipinski definition) is 0. The molecule has 2 rings (SSSR count). The first-order chi connectivity index (χ1) is 7.29. The highest BCUT2D eigenvalue weighted by Crippen LogP contribution is 2.21. The highest BCUT2D eigenvalue weighted by atomic mass is 35.5. The fourth-order valence-corrected chi connectivity index (χ4v) is 1.91. The number of nitrogens with zero attached hydrogens (tertiary/aromatic N) is 2. The van der Waals surface area contributed by atoms with Crippen LogP contribution < -0.4 is 0 Å². The summed E-state index contributed by atoms with van der Waals surface area (Å²) < 4.78 is 5.17. The molecule has 0 N–H and O–H groups in total. The van der Waals surface area contributed by atoms with Crippen molar-refractivity contribution in [2.75, 3.05) is 5.75 Å². The van der Waals surface area contributed by atoms with Crippen LogP contribution in [0, 0.1) is 0 Å². The zero-order valence-corrected chi connectivity index (χ0v) is 9.68. The number of thioether (sulfide) groups is 1. The molecule has 1 aliphatic rings. The van der Waals surface area contributed by atoms with Gasteiger partial charge in [-0.25, -0.2) is 9.98 Å². The highest BCUT2D eigenvalue weighted by Gasteiger charge is 2.14. The summed E-state index contributed by atoms with van der Waals surface area (Å²) in [5, 5.41) is 1.13. The lowest BCUT2D eigenvalue weighted by Gasteiger charge is -1.89. The molecule has 5 heteroatoms. The van der Waals surface area contributed by atoms with E-state index in [0.29, 0.717) is 16.0 Å². The molecular formula is C10H9ClN2OS. The lowest BCUT2D eigenvalue weighted by atomic mass is 10.3. The molecule has 78 valence electrons. The summed E-state index contributed by atoms with van der Waals surface area (Å²) in [7, 11) is 0. The fourth-order valence-electron chi connectivity index (χ4n) is 1.11. The number of allylic oxidation sites excluding steroid dienone is 1. The van der Waals surface area contributed by atoms with Gasteiger partial charge >= 0.3 is 0 Å². The Morgan fingerprint density at radius 1 is 1.53 bits per heavy atom. The minimum atomic E-state index is 0.419. The van der Waals surface area contributed by atoms with Gasteiger partial charge in [0.25, 0.3) is 0 Å². The van der Waals surface area contributed by atoms with Crippen molar-refractivity contribution in [2.24, 2.45) is 9.98 Å². The molecule has 0 saturated heterocycles. The normalized spacial score (nSPS) is 18.1. The summed E-state index contributed by atoms with van der Waals surface area (Å²) in [6, 6.07) is 3.66. The van der Waals surface area contributed by atoms with Gasteiger partial charge in [-0.2, -0.15) is 0 Å². The third-order valence-electron chi connectivity index (χ3n) is 1.72. The summed E-state index contributed by atoms with van der Waals surface area (Å²) in [5.74, 6) is 1.66. The Kier molecular flexibility index (Phi) is 3.28. The molecule has 0 saturated carbocycles. The minimum absolute atomic E-state index is 0.419. The molecule has 2 heterocycles. The topological polar surface area (TPSA) is 37.9 Å². The van der Waals surface area contributed by atoms with Crippen LogP contribution >= 0.6 is 23.4 Å². The zero-order chi connectivity index (χ0) is 10.7. The number of aliphatic imine (C=N–C) groups is 2. The molecule has 1 aliphatic heterocycles. The van der Waals surface area contributed by atoms with Gasteiger partial charge in [-0.05, 0) is 17.9 Å². The highest BCUT2D eigenvalue weighted by molar-refractivity contribution is 8.13. The van der Waals surface area contributed by atoms with E-state index >= 15 is 0 Å². The largest absolute Gasteiger partial charge is 0.465 e. The summed E-state index contributed by atoms with van der Waals surface area (Å²) >= 11 is 7.50. The molecular weight excluding hydrogens is 232 g/mol. The molecule has 0 spiro atoms. The third-order valence-corrected chi connectivity index (χ3v) is 2.72. The van der Waals surface area contributed by atoms with E-state index in [9.17, 15) is 0 Å². The molecule has 0 amide bonds. The molecule has 1 aromatic heterocycles. The Morgan fingerprint density at radius 2 is 2.40 bits per heavy atom. The molecule has 0 fully saturated rings. The Hall–Kier alpha value is -1.000. The fraction of sp³-hybridized carbons (Fsp3) is 0.200. The Labute approximate surface area is 96.9 Å². The van der Waals surface area contributed by atoms with Crippen molar-refractivity contribution in [3.05, 3.63) is 29.9 Å². The van der Waals surface area contributed by atoms with Gasteiger partial charge in [0.15, 0.2) is 10.3 Å². The lowest BCUT2D eigenvalue weighted by molar-refractivity contribution is 0.557. The van der Waals surface area contributed by atoms with E-state index in [2.05, 4.69) is 9.98 Å². The van der Waals surface area contributed by atoms with Crippen molar-refractivity contribution < 1.29 is 4.42 Å². The Balaban J connectivity index is 2.22. The van der Waals surface area contributed by atoms with E-state index in [1.54, 1.807) is 24.1 Å². The minimum Gasteiger partial charge on any atom is -0.465 e. The van der Waals surface area contributed by atoms with E-state index in [1.807, 2.05) is 19.1 Å². The standard InChI is InChI=1S/C10H9ClN2OS/c1-2-15-10-12-8(9(11)13-10)6-7-4-3-5-14-7/h3-6H,2H2,1H3/b8-6-. The van der Waals surface area contributed by atoms with E-state index in [4.69, 9.17) is 16.0 Å². The van der Waals surface area contributed by atoms with Gasteiger partial charge in [-0.3, -0.25) is 0 Å². The average Bonchev–Trinajstić information content (AvgIpc) is 2.79. The molecule has 1 aromatic rings. The lowest BCUT2D eigenvalue weighted by Crippen LogP contribution is -1.84. The van der Waals surface area contributed by atoms with Crippen LogP contribution in [0.2, 0.25) is 0 Å². The molecule has 0 unspecified atom stereocenters. The first-order valence-electron chi connectivity index (χ1n) is 4.51. The van der Waals surface area contributed by atoms with Gasteiger partial charge < -0.3 is 4.42 Å². The summed E-state index contributed by atoms with van der Waals surface area (Å²) in [5.41, 5.74) is 0.655. The second kappa shape index (κ2) is 4.68. The van der Waals surface area contributed by atoms with Crippen LogP contribution in [-0.2, 0) is 0 Å².